The van der Waals surface area contributed by atoms with Crippen molar-refractivity contribution in [2.75, 3.05) is 6.54 Å². The molecule has 1 aromatic heterocycles. The maximum atomic E-state index is 10.6. The van der Waals surface area contributed by atoms with E-state index >= 15 is 0 Å². The molecule has 0 amide bonds. The summed E-state index contributed by atoms with van der Waals surface area (Å²) < 4.78 is 1.54. The highest BCUT2D eigenvalue weighted by atomic mass is 35.5. The molecule has 14 heavy (non-hydrogen) atoms. The number of carboxylic acids is 1. The van der Waals surface area contributed by atoms with Crippen LogP contribution >= 0.6 is 24.8 Å². The molecule has 0 aliphatic carbocycles. The summed E-state index contributed by atoms with van der Waals surface area (Å²) in [6.45, 7) is 2.24. The molecule has 82 valence electrons. The molecule has 1 atom stereocenters. The number of aromatic nitrogens is 2. The molecule has 7 heteroatoms. The summed E-state index contributed by atoms with van der Waals surface area (Å²) >= 11 is 0. The predicted octanol–water partition coefficient (Wildman–Crippen LogP) is 0.945. The second-order valence-electron chi connectivity index (χ2n) is 2.58. The number of imidazole rings is 1. The second-order valence-corrected chi connectivity index (χ2v) is 2.58. The summed E-state index contributed by atoms with van der Waals surface area (Å²) in [4.78, 5) is 14.3. The van der Waals surface area contributed by atoms with Crippen LogP contribution < -0.4 is 5.73 Å². The highest BCUT2D eigenvalue weighted by Crippen LogP contribution is 2.07. The van der Waals surface area contributed by atoms with Gasteiger partial charge in [-0.2, -0.15) is 0 Å². The Morgan fingerprint density at radius 1 is 1.71 bits per heavy atom. The molecule has 0 aromatic carbocycles. The molecule has 0 radical (unpaired) electrons. The summed E-state index contributed by atoms with van der Waals surface area (Å²) in [6, 6.07) is -0.0291. The fourth-order valence-corrected chi connectivity index (χ4v) is 0.935. The Hall–Kier alpha value is -0.780. The molecule has 0 saturated heterocycles. The molecule has 0 bridgehead atoms. The Balaban J connectivity index is 0. The number of hydrogen-bond acceptors (Lipinski definition) is 3. The van der Waals surface area contributed by atoms with Gasteiger partial charge in [0.1, 0.15) is 5.69 Å². The van der Waals surface area contributed by atoms with E-state index < -0.39 is 5.97 Å². The molecule has 1 rings (SSSR count). The van der Waals surface area contributed by atoms with Gasteiger partial charge in [-0.1, -0.05) is 0 Å². The van der Waals surface area contributed by atoms with Crippen molar-refractivity contribution in [1.82, 2.24) is 9.55 Å². The smallest absolute Gasteiger partial charge is 0.354 e. The lowest BCUT2D eigenvalue weighted by Crippen LogP contribution is -2.19. The van der Waals surface area contributed by atoms with Gasteiger partial charge < -0.3 is 15.4 Å². The average Bonchev–Trinajstić information content (AvgIpc) is 2.50. The van der Waals surface area contributed by atoms with E-state index in [1.807, 2.05) is 6.92 Å². The third-order valence-electron chi connectivity index (χ3n) is 1.70. The molecule has 5 nitrogen and oxygen atoms in total. The van der Waals surface area contributed by atoms with Gasteiger partial charge >= 0.3 is 5.97 Å². The van der Waals surface area contributed by atoms with Crippen molar-refractivity contribution in [3.8, 4) is 0 Å². The largest absolute Gasteiger partial charge is 0.477 e. The van der Waals surface area contributed by atoms with Gasteiger partial charge in [-0.15, -0.1) is 24.8 Å². The maximum absolute atomic E-state index is 10.6. The van der Waals surface area contributed by atoms with Gasteiger partial charge in [0.2, 0.25) is 0 Å². The quantitative estimate of drug-likeness (QED) is 0.826. The number of halogens is 2. The number of hydrogen-bond donors (Lipinski definition) is 2. The molecular weight excluding hydrogens is 229 g/mol. The molecule has 0 fully saturated rings. The number of nitrogens with zero attached hydrogens (tertiary/aromatic N) is 2. The first kappa shape index (κ1) is 15.7. The highest BCUT2D eigenvalue weighted by Gasteiger charge is 2.12. The second kappa shape index (κ2) is 6.64. The van der Waals surface area contributed by atoms with E-state index in [1.54, 1.807) is 4.57 Å². The minimum atomic E-state index is -0.979. The van der Waals surface area contributed by atoms with Crippen molar-refractivity contribution in [2.24, 2.45) is 5.73 Å². The van der Waals surface area contributed by atoms with E-state index in [9.17, 15) is 4.79 Å². The van der Waals surface area contributed by atoms with Crippen LogP contribution in [0.5, 0.6) is 0 Å². The van der Waals surface area contributed by atoms with Crippen LogP contribution in [0.15, 0.2) is 12.5 Å². The first-order valence-electron chi connectivity index (χ1n) is 3.62. The fourth-order valence-electron chi connectivity index (χ4n) is 0.935. The van der Waals surface area contributed by atoms with Gasteiger partial charge in [0.15, 0.2) is 0 Å². The SMILES string of the molecule is C[C@@H](CN)n1cncc1C(=O)O.Cl.Cl. The minimum absolute atomic E-state index is 0. The predicted molar refractivity (Wildman–Crippen MR) is 57.4 cm³/mol. The van der Waals surface area contributed by atoms with E-state index in [0.29, 0.717) is 6.54 Å². The number of carbonyl (C=O) groups is 1. The van der Waals surface area contributed by atoms with Crippen LogP contribution in [0.4, 0.5) is 0 Å². The molecule has 0 spiro atoms. The molecule has 0 aliphatic rings. The normalized spacial score (nSPS) is 11.0. The summed E-state index contributed by atoms with van der Waals surface area (Å²) in [5, 5.41) is 8.70. The van der Waals surface area contributed by atoms with E-state index in [1.165, 1.54) is 12.5 Å². The van der Waals surface area contributed by atoms with Gasteiger partial charge in [-0.25, -0.2) is 9.78 Å². The van der Waals surface area contributed by atoms with Crippen molar-refractivity contribution in [2.45, 2.75) is 13.0 Å². The summed E-state index contributed by atoms with van der Waals surface area (Å²) in [6.07, 6.45) is 2.79. The van der Waals surface area contributed by atoms with E-state index in [-0.39, 0.29) is 36.5 Å². The standard InChI is InChI=1S/C7H11N3O2.2ClH/c1-5(2-8)10-4-9-3-6(10)7(11)12;;/h3-5H,2,8H2,1H3,(H,11,12);2*1H/t5-;;/m0../s1. The number of carboxylic acid groups (broad SMARTS) is 1. The van der Waals surface area contributed by atoms with E-state index in [4.69, 9.17) is 10.8 Å². The van der Waals surface area contributed by atoms with E-state index in [2.05, 4.69) is 4.98 Å². The van der Waals surface area contributed by atoms with Crippen molar-refractivity contribution in [3.63, 3.8) is 0 Å². The average molecular weight is 242 g/mol. The first-order chi connectivity index (χ1) is 5.66. The number of nitrogens with two attached hydrogens (primary N) is 1. The van der Waals surface area contributed by atoms with Crippen LogP contribution in [0.2, 0.25) is 0 Å². The Morgan fingerprint density at radius 3 is 2.71 bits per heavy atom. The van der Waals surface area contributed by atoms with Crippen molar-refractivity contribution in [1.29, 1.82) is 0 Å². The summed E-state index contributed by atoms with van der Waals surface area (Å²) in [5.74, 6) is -0.979. The topological polar surface area (TPSA) is 81.1 Å². The first-order valence-corrected chi connectivity index (χ1v) is 3.62. The maximum Gasteiger partial charge on any atom is 0.354 e. The molecule has 3 N–H and O–H groups in total. The lowest BCUT2D eigenvalue weighted by molar-refractivity contribution is 0.0683. The molecule has 0 aliphatic heterocycles. The zero-order valence-corrected chi connectivity index (χ0v) is 9.22. The van der Waals surface area contributed by atoms with Gasteiger partial charge in [0.25, 0.3) is 0 Å². The Morgan fingerprint density at radius 2 is 2.29 bits per heavy atom. The summed E-state index contributed by atoms with van der Waals surface area (Å²) in [7, 11) is 0. The highest BCUT2D eigenvalue weighted by molar-refractivity contribution is 5.86. The van der Waals surface area contributed by atoms with Crippen LogP contribution in [0.3, 0.4) is 0 Å². The number of rotatable bonds is 3. The van der Waals surface area contributed by atoms with Crippen LogP contribution in [-0.2, 0) is 0 Å². The molecule has 0 saturated carbocycles. The van der Waals surface area contributed by atoms with Gasteiger partial charge in [0, 0.05) is 12.6 Å². The molecule has 1 heterocycles. The van der Waals surface area contributed by atoms with Crippen molar-refractivity contribution in [3.05, 3.63) is 18.2 Å². The monoisotopic (exact) mass is 241 g/mol. The lowest BCUT2D eigenvalue weighted by Gasteiger charge is -2.11. The number of aromatic carboxylic acids is 1. The Kier molecular flexibility index (Phi) is 7.44. The minimum Gasteiger partial charge on any atom is -0.477 e. The van der Waals surface area contributed by atoms with Crippen LogP contribution in [-0.4, -0.2) is 27.2 Å². The van der Waals surface area contributed by atoms with Crippen LogP contribution in [0.25, 0.3) is 0 Å². The van der Waals surface area contributed by atoms with Crippen LogP contribution in [0.1, 0.15) is 23.5 Å². The Bertz CT molecular complexity index is 290. The Labute approximate surface area is 94.1 Å². The van der Waals surface area contributed by atoms with Gasteiger partial charge in [-0.05, 0) is 6.92 Å². The summed E-state index contributed by atoms with van der Waals surface area (Å²) in [5.41, 5.74) is 5.56. The van der Waals surface area contributed by atoms with Crippen LogP contribution in [0, 0.1) is 0 Å². The van der Waals surface area contributed by atoms with E-state index in [0.717, 1.165) is 0 Å². The van der Waals surface area contributed by atoms with Gasteiger partial charge in [-0.3, -0.25) is 0 Å². The van der Waals surface area contributed by atoms with Crippen molar-refractivity contribution >= 4 is 30.8 Å². The molecular formula is C7H13Cl2N3O2. The third kappa shape index (κ3) is 3.17. The molecule has 0 unspecified atom stereocenters. The third-order valence-corrected chi connectivity index (χ3v) is 1.70. The molecule has 1 aromatic rings. The van der Waals surface area contributed by atoms with Crippen molar-refractivity contribution < 1.29 is 9.90 Å². The zero-order valence-electron chi connectivity index (χ0n) is 7.58. The van der Waals surface area contributed by atoms with Gasteiger partial charge in [0.05, 0.1) is 12.5 Å². The lowest BCUT2D eigenvalue weighted by atomic mass is 10.3. The fraction of sp³-hybridized carbons (Fsp3) is 0.429. The zero-order chi connectivity index (χ0) is 9.14.